The molecule has 1 amide bonds. The third-order valence-corrected chi connectivity index (χ3v) is 1.79. The number of nitrogens with two attached hydrogens (primary N) is 2. The molecule has 0 fully saturated rings. The summed E-state index contributed by atoms with van der Waals surface area (Å²) >= 11 is 0. The van der Waals surface area contributed by atoms with E-state index in [9.17, 15) is 9.59 Å². The van der Waals surface area contributed by atoms with Gasteiger partial charge in [-0.1, -0.05) is 0 Å². The first-order valence-corrected chi connectivity index (χ1v) is 4.78. The Bertz CT molecular complexity index is 219. The highest BCUT2D eigenvalue weighted by Crippen LogP contribution is 1.96. The molecule has 0 rings (SSSR count). The van der Waals surface area contributed by atoms with Gasteiger partial charge in [0.15, 0.2) is 0 Å². The number of nitrogens with zero attached hydrogens (tertiary/aromatic N) is 1. The van der Waals surface area contributed by atoms with Gasteiger partial charge in [-0.3, -0.25) is 9.59 Å². The number of rotatable bonds is 7. The highest BCUT2D eigenvalue weighted by atomic mass is 16.5. The maximum atomic E-state index is 11.2. The summed E-state index contributed by atoms with van der Waals surface area (Å²) in [7, 11) is 3.75. The van der Waals surface area contributed by atoms with Gasteiger partial charge in [0.2, 0.25) is 5.91 Å². The molecular weight excluding hydrogens is 198 g/mol. The Hall–Kier alpha value is -1.14. The number of amides is 1. The smallest absolute Gasteiger partial charge is 0.322 e. The first-order chi connectivity index (χ1) is 6.93. The molecule has 0 saturated heterocycles. The molecule has 0 heterocycles. The molecule has 0 unspecified atom stereocenters. The Labute approximate surface area is 89.5 Å². The number of hydrogen-bond donors (Lipinski definition) is 2. The zero-order valence-corrected chi connectivity index (χ0v) is 9.23. The molecule has 6 nitrogen and oxygen atoms in total. The van der Waals surface area contributed by atoms with E-state index in [2.05, 4.69) is 0 Å². The van der Waals surface area contributed by atoms with Crippen LogP contribution in [-0.2, 0) is 14.3 Å². The van der Waals surface area contributed by atoms with Crippen LogP contribution in [0.4, 0.5) is 0 Å². The van der Waals surface area contributed by atoms with Crippen molar-refractivity contribution in [3.05, 3.63) is 0 Å². The lowest BCUT2D eigenvalue weighted by Crippen LogP contribution is -2.34. The van der Waals surface area contributed by atoms with Gasteiger partial charge in [-0.15, -0.1) is 0 Å². The zero-order chi connectivity index (χ0) is 11.8. The van der Waals surface area contributed by atoms with Crippen LogP contribution in [0.2, 0.25) is 0 Å². The summed E-state index contributed by atoms with van der Waals surface area (Å²) in [5.74, 6) is -0.954. The molecule has 0 bridgehead atoms. The highest BCUT2D eigenvalue weighted by Gasteiger charge is 2.15. The Morgan fingerprint density at radius 1 is 1.40 bits per heavy atom. The van der Waals surface area contributed by atoms with Gasteiger partial charge in [-0.25, -0.2) is 0 Å². The standard InChI is InChI=1S/C9H19N3O3/c1-12(2)5-6-15-9(14)7(10)3-4-8(11)13/h7H,3-6,10H2,1-2H3,(H2,11,13)/t7-/m0/s1. The first kappa shape index (κ1) is 13.9. The number of esters is 1. The molecule has 0 aromatic rings. The van der Waals surface area contributed by atoms with Crippen LogP contribution in [0, 0.1) is 0 Å². The molecular formula is C9H19N3O3. The summed E-state index contributed by atoms with van der Waals surface area (Å²) in [6, 6.07) is -0.764. The third kappa shape index (κ3) is 7.90. The molecule has 15 heavy (non-hydrogen) atoms. The average molecular weight is 217 g/mol. The van der Waals surface area contributed by atoms with E-state index in [4.69, 9.17) is 16.2 Å². The largest absolute Gasteiger partial charge is 0.463 e. The third-order valence-electron chi connectivity index (χ3n) is 1.79. The van der Waals surface area contributed by atoms with Gasteiger partial charge in [0.05, 0.1) is 0 Å². The van der Waals surface area contributed by atoms with Crippen molar-refractivity contribution in [2.24, 2.45) is 11.5 Å². The van der Waals surface area contributed by atoms with Crippen molar-refractivity contribution in [3.8, 4) is 0 Å². The summed E-state index contributed by atoms with van der Waals surface area (Å²) in [6.07, 6.45) is 0.333. The molecule has 0 radical (unpaired) electrons. The van der Waals surface area contributed by atoms with Crippen molar-refractivity contribution < 1.29 is 14.3 Å². The van der Waals surface area contributed by atoms with Crippen LogP contribution < -0.4 is 11.5 Å². The van der Waals surface area contributed by atoms with E-state index in [0.29, 0.717) is 13.2 Å². The second-order valence-corrected chi connectivity index (χ2v) is 3.58. The fourth-order valence-corrected chi connectivity index (χ4v) is 0.851. The van der Waals surface area contributed by atoms with Crippen LogP contribution in [-0.4, -0.2) is 50.1 Å². The lowest BCUT2D eigenvalue weighted by molar-refractivity contribution is -0.145. The molecule has 4 N–H and O–H groups in total. The fraction of sp³-hybridized carbons (Fsp3) is 0.778. The molecule has 1 atom stereocenters. The number of carbonyl (C=O) groups is 2. The minimum atomic E-state index is -0.764. The molecule has 88 valence electrons. The van der Waals surface area contributed by atoms with E-state index in [1.54, 1.807) is 0 Å². The van der Waals surface area contributed by atoms with E-state index >= 15 is 0 Å². The van der Waals surface area contributed by atoms with E-state index < -0.39 is 17.9 Å². The summed E-state index contributed by atoms with van der Waals surface area (Å²) in [5, 5.41) is 0. The lowest BCUT2D eigenvalue weighted by atomic mass is 10.1. The number of hydrogen-bond acceptors (Lipinski definition) is 5. The fourth-order valence-electron chi connectivity index (χ4n) is 0.851. The number of ether oxygens (including phenoxy) is 1. The Balaban J connectivity index is 3.64. The van der Waals surface area contributed by atoms with E-state index in [0.717, 1.165) is 0 Å². The molecule has 0 aliphatic heterocycles. The normalized spacial score (nSPS) is 12.5. The average Bonchev–Trinajstić information content (AvgIpc) is 2.13. The monoisotopic (exact) mass is 217 g/mol. The van der Waals surface area contributed by atoms with Crippen LogP contribution in [0.25, 0.3) is 0 Å². The SMILES string of the molecule is CN(C)CCOC(=O)[C@@H](N)CCC(N)=O. The van der Waals surface area contributed by atoms with Crippen LogP contribution in [0.5, 0.6) is 0 Å². The van der Waals surface area contributed by atoms with Gasteiger partial charge in [-0.05, 0) is 20.5 Å². The molecule has 0 aromatic heterocycles. The van der Waals surface area contributed by atoms with Crippen LogP contribution in [0.15, 0.2) is 0 Å². The second kappa shape index (κ2) is 7.19. The van der Waals surface area contributed by atoms with Crippen molar-refractivity contribution in [2.75, 3.05) is 27.2 Å². The lowest BCUT2D eigenvalue weighted by Gasteiger charge is -2.13. The van der Waals surface area contributed by atoms with Crippen molar-refractivity contribution in [1.82, 2.24) is 4.90 Å². The van der Waals surface area contributed by atoms with E-state index in [1.807, 2.05) is 19.0 Å². The van der Waals surface area contributed by atoms with Gasteiger partial charge in [0.25, 0.3) is 0 Å². The predicted molar refractivity (Wildman–Crippen MR) is 55.9 cm³/mol. The summed E-state index contributed by atoms with van der Waals surface area (Å²) in [4.78, 5) is 23.5. The molecule has 0 spiro atoms. The maximum absolute atomic E-state index is 11.2. The van der Waals surface area contributed by atoms with Crippen LogP contribution >= 0.6 is 0 Å². The van der Waals surface area contributed by atoms with Crippen molar-refractivity contribution in [3.63, 3.8) is 0 Å². The molecule has 6 heteroatoms. The second-order valence-electron chi connectivity index (χ2n) is 3.58. The minimum Gasteiger partial charge on any atom is -0.463 e. The van der Waals surface area contributed by atoms with Gasteiger partial charge in [0.1, 0.15) is 12.6 Å². The van der Waals surface area contributed by atoms with Gasteiger partial charge in [0, 0.05) is 13.0 Å². The highest BCUT2D eigenvalue weighted by molar-refractivity contribution is 5.78. The molecule has 0 aliphatic carbocycles. The first-order valence-electron chi connectivity index (χ1n) is 4.78. The molecule has 0 aliphatic rings. The topological polar surface area (TPSA) is 98.7 Å². The predicted octanol–water partition coefficient (Wildman–Crippen LogP) is -1.32. The van der Waals surface area contributed by atoms with Gasteiger partial charge in [-0.2, -0.15) is 0 Å². The van der Waals surface area contributed by atoms with E-state index in [-0.39, 0.29) is 12.8 Å². The van der Waals surface area contributed by atoms with E-state index in [1.165, 1.54) is 0 Å². The summed E-state index contributed by atoms with van der Waals surface area (Å²) in [6.45, 7) is 0.949. The number of carbonyl (C=O) groups excluding carboxylic acids is 2. The van der Waals surface area contributed by atoms with Crippen LogP contribution in [0.3, 0.4) is 0 Å². The van der Waals surface area contributed by atoms with Gasteiger partial charge >= 0.3 is 5.97 Å². The Morgan fingerprint density at radius 3 is 2.47 bits per heavy atom. The maximum Gasteiger partial charge on any atom is 0.322 e. The summed E-state index contributed by atoms with van der Waals surface area (Å²) in [5.41, 5.74) is 10.4. The Kier molecular flexibility index (Phi) is 6.64. The minimum absolute atomic E-state index is 0.101. The van der Waals surface area contributed by atoms with Crippen LogP contribution in [0.1, 0.15) is 12.8 Å². The van der Waals surface area contributed by atoms with Gasteiger partial charge < -0.3 is 21.1 Å². The number of likely N-dealkylation sites (N-methyl/N-ethyl adjacent to an activating group) is 1. The zero-order valence-electron chi connectivity index (χ0n) is 9.23. The Morgan fingerprint density at radius 2 is 2.00 bits per heavy atom. The molecule has 0 saturated carbocycles. The summed E-state index contributed by atoms with van der Waals surface area (Å²) < 4.78 is 4.89. The quantitative estimate of drug-likeness (QED) is 0.515. The van der Waals surface area contributed by atoms with Crippen molar-refractivity contribution >= 4 is 11.9 Å². The number of primary amides is 1. The van der Waals surface area contributed by atoms with Crippen molar-refractivity contribution in [2.45, 2.75) is 18.9 Å². The van der Waals surface area contributed by atoms with Crippen molar-refractivity contribution in [1.29, 1.82) is 0 Å². The molecule has 0 aromatic carbocycles.